The summed E-state index contributed by atoms with van der Waals surface area (Å²) in [5.74, 6) is -1.16. The molecule has 2 aromatic rings. The number of nitrogen functional groups attached to an aromatic ring is 1. The summed E-state index contributed by atoms with van der Waals surface area (Å²) in [6, 6.07) is 6.85. The Balaban J connectivity index is 2.02. The summed E-state index contributed by atoms with van der Waals surface area (Å²) in [7, 11) is 0. The van der Waals surface area contributed by atoms with E-state index >= 15 is 0 Å². The molecule has 7 nitrogen and oxygen atoms in total. The van der Waals surface area contributed by atoms with Crippen LogP contribution in [0.2, 0.25) is 0 Å². The molecule has 2 amide bonds. The van der Waals surface area contributed by atoms with Gasteiger partial charge in [0.25, 0.3) is 17.4 Å². The zero-order valence-corrected chi connectivity index (χ0v) is 12.2. The van der Waals surface area contributed by atoms with E-state index in [4.69, 9.17) is 5.73 Å². The van der Waals surface area contributed by atoms with Crippen molar-refractivity contribution in [2.45, 2.75) is 13.0 Å². The van der Waals surface area contributed by atoms with Crippen LogP contribution in [0.25, 0.3) is 5.69 Å². The van der Waals surface area contributed by atoms with Crippen LogP contribution in [0, 0.1) is 0 Å². The molecule has 116 valence electrons. The van der Waals surface area contributed by atoms with Crippen LogP contribution in [0.1, 0.15) is 31.8 Å². The molecule has 0 saturated heterocycles. The summed E-state index contributed by atoms with van der Waals surface area (Å²) < 4.78 is 1.31. The highest BCUT2D eigenvalue weighted by atomic mass is 16.2. The number of nitrogens with two attached hydrogens (primary N) is 1. The van der Waals surface area contributed by atoms with Gasteiger partial charge in [0.05, 0.1) is 16.8 Å². The predicted octanol–water partition coefficient (Wildman–Crippen LogP) is -0.0510. The largest absolute Gasteiger partial charge is 0.384 e. The number of hydrogen-bond donors (Lipinski definition) is 3. The number of aromatic nitrogens is 1. The van der Waals surface area contributed by atoms with Crippen molar-refractivity contribution in [3.63, 3.8) is 0 Å². The van der Waals surface area contributed by atoms with E-state index in [0.29, 0.717) is 12.2 Å². The van der Waals surface area contributed by atoms with Gasteiger partial charge in [-0.3, -0.25) is 24.3 Å². The van der Waals surface area contributed by atoms with E-state index in [1.54, 1.807) is 6.07 Å². The lowest BCUT2D eigenvalue weighted by Crippen LogP contribution is -2.29. The van der Waals surface area contributed by atoms with Gasteiger partial charge in [-0.05, 0) is 30.2 Å². The van der Waals surface area contributed by atoms with Gasteiger partial charge < -0.3 is 11.1 Å². The summed E-state index contributed by atoms with van der Waals surface area (Å²) in [6.45, 7) is 1.50. The Morgan fingerprint density at radius 3 is 2.78 bits per heavy atom. The maximum Gasteiger partial charge on any atom is 0.262 e. The zero-order chi connectivity index (χ0) is 16.1. The van der Waals surface area contributed by atoms with Gasteiger partial charge in [0.2, 0.25) is 0 Å². The lowest BCUT2D eigenvalue weighted by molar-refractivity contribution is 0.0880. The average Bonchev–Trinajstić information content (AvgIpc) is 2.82. The first-order valence-corrected chi connectivity index (χ1v) is 7.31. The Kier molecular flexibility index (Phi) is 2.85. The van der Waals surface area contributed by atoms with Gasteiger partial charge in [-0.2, -0.15) is 0 Å². The van der Waals surface area contributed by atoms with Gasteiger partial charge >= 0.3 is 0 Å². The highest BCUT2D eigenvalue weighted by Gasteiger charge is 2.32. The summed E-state index contributed by atoms with van der Waals surface area (Å²) in [6.07, 6.45) is 0.863. The average molecular weight is 310 g/mol. The van der Waals surface area contributed by atoms with Gasteiger partial charge in [0, 0.05) is 12.6 Å². The van der Waals surface area contributed by atoms with Crippen molar-refractivity contribution in [2.24, 2.45) is 0 Å². The molecule has 1 aromatic carbocycles. The van der Waals surface area contributed by atoms with Crippen LogP contribution >= 0.6 is 0 Å². The first-order valence-electron chi connectivity index (χ1n) is 7.31. The summed E-state index contributed by atoms with van der Waals surface area (Å²) in [5.41, 5.74) is 8.54. The van der Waals surface area contributed by atoms with Crippen molar-refractivity contribution in [3.8, 4) is 5.69 Å². The Bertz CT molecular complexity index is 930. The topological polar surface area (TPSA) is 106 Å². The number of benzene rings is 1. The number of rotatable bonds is 1. The van der Waals surface area contributed by atoms with Crippen molar-refractivity contribution in [1.29, 1.82) is 0 Å². The highest BCUT2D eigenvalue weighted by Crippen LogP contribution is 2.26. The molecule has 7 heteroatoms. The molecule has 4 N–H and O–H groups in total. The molecule has 4 rings (SSSR count). The van der Waals surface area contributed by atoms with Gasteiger partial charge in [-0.1, -0.05) is 12.1 Å². The third kappa shape index (κ3) is 1.90. The van der Waals surface area contributed by atoms with E-state index < -0.39 is 17.4 Å². The molecule has 2 aliphatic rings. The normalized spacial score (nSPS) is 16.0. The van der Waals surface area contributed by atoms with E-state index in [-0.39, 0.29) is 16.9 Å². The Labute approximate surface area is 131 Å². The number of pyridine rings is 1. The molecule has 2 aliphatic heterocycles. The number of hydrogen-bond acceptors (Lipinski definition) is 5. The third-order valence-corrected chi connectivity index (χ3v) is 4.32. The zero-order valence-electron chi connectivity index (χ0n) is 12.2. The molecular weight excluding hydrogens is 296 g/mol. The number of imide groups is 1. The van der Waals surface area contributed by atoms with Gasteiger partial charge in [0.1, 0.15) is 5.82 Å². The van der Waals surface area contributed by atoms with Crippen molar-refractivity contribution < 1.29 is 9.59 Å². The lowest BCUT2D eigenvalue weighted by atomic mass is 9.99. The first-order chi connectivity index (χ1) is 11.1. The second kappa shape index (κ2) is 4.79. The molecule has 0 unspecified atom stereocenters. The molecule has 23 heavy (non-hydrogen) atoms. The molecule has 0 aliphatic carbocycles. The van der Waals surface area contributed by atoms with Crippen LogP contribution in [0.3, 0.4) is 0 Å². The van der Waals surface area contributed by atoms with Crippen molar-refractivity contribution in [3.05, 3.63) is 56.9 Å². The Morgan fingerprint density at radius 1 is 1.13 bits per heavy atom. The molecule has 1 aromatic heterocycles. The second-order valence-corrected chi connectivity index (χ2v) is 5.62. The minimum absolute atomic E-state index is 0.00479. The second-order valence-electron chi connectivity index (χ2n) is 5.62. The Morgan fingerprint density at radius 2 is 1.96 bits per heavy atom. The molecule has 0 radical (unpaired) electrons. The van der Waals surface area contributed by atoms with Crippen LogP contribution in [-0.2, 0) is 13.0 Å². The monoisotopic (exact) mass is 310 g/mol. The first kappa shape index (κ1) is 13.7. The minimum atomic E-state index is -0.585. The molecule has 0 saturated carbocycles. The van der Waals surface area contributed by atoms with E-state index in [2.05, 4.69) is 10.6 Å². The molecule has 0 bridgehead atoms. The van der Waals surface area contributed by atoms with E-state index in [1.807, 2.05) is 12.1 Å². The quantitative estimate of drug-likeness (QED) is 0.640. The molecule has 0 spiro atoms. The SMILES string of the molecule is Nc1c2c(cc(=O)n1-c1cccc3c1CNCC3)C(=O)NC2=O. The number of carbonyl (C=O) groups excluding carboxylic acids is 2. The van der Waals surface area contributed by atoms with Crippen LogP contribution in [0.5, 0.6) is 0 Å². The molecular formula is C16H14N4O3. The fourth-order valence-corrected chi connectivity index (χ4v) is 3.23. The summed E-state index contributed by atoms with van der Waals surface area (Å²) in [4.78, 5) is 36.2. The van der Waals surface area contributed by atoms with Crippen molar-refractivity contribution in [2.75, 3.05) is 12.3 Å². The van der Waals surface area contributed by atoms with E-state index in [9.17, 15) is 14.4 Å². The summed E-state index contributed by atoms with van der Waals surface area (Å²) >= 11 is 0. The number of fused-ring (bicyclic) bond motifs is 2. The lowest BCUT2D eigenvalue weighted by Gasteiger charge is -2.22. The standard InChI is InChI=1S/C16H14N4O3/c17-14-13-9(15(22)19-16(13)23)6-12(21)20(14)11-3-1-2-8-4-5-18-7-10(8)11/h1-3,6,18H,4-5,7,17H2,(H,19,22,23). The van der Waals surface area contributed by atoms with Gasteiger partial charge in [-0.15, -0.1) is 0 Å². The third-order valence-electron chi connectivity index (χ3n) is 4.32. The number of amides is 2. The molecule has 0 fully saturated rings. The predicted molar refractivity (Wildman–Crippen MR) is 83.7 cm³/mol. The van der Waals surface area contributed by atoms with Gasteiger partial charge in [0.15, 0.2) is 0 Å². The summed E-state index contributed by atoms with van der Waals surface area (Å²) in [5, 5.41) is 5.44. The highest BCUT2D eigenvalue weighted by molar-refractivity contribution is 6.23. The maximum absolute atomic E-state index is 12.5. The van der Waals surface area contributed by atoms with Crippen LogP contribution in [0.15, 0.2) is 29.1 Å². The van der Waals surface area contributed by atoms with E-state index in [1.165, 1.54) is 10.6 Å². The number of nitrogens with zero attached hydrogens (tertiary/aromatic N) is 1. The maximum atomic E-state index is 12.5. The number of anilines is 1. The smallest absolute Gasteiger partial charge is 0.262 e. The fourth-order valence-electron chi connectivity index (χ4n) is 3.23. The number of carbonyl (C=O) groups is 2. The minimum Gasteiger partial charge on any atom is -0.384 e. The Hall–Kier alpha value is -2.93. The van der Waals surface area contributed by atoms with Gasteiger partial charge in [-0.25, -0.2) is 0 Å². The van der Waals surface area contributed by atoms with Crippen molar-refractivity contribution >= 4 is 17.6 Å². The van der Waals surface area contributed by atoms with Crippen LogP contribution in [0.4, 0.5) is 5.82 Å². The molecule has 3 heterocycles. The number of nitrogens with one attached hydrogen (secondary N) is 2. The fraction of sp³-hybridized carbons (Fsp3) is 0.188. The van der Waals surface area contributed by atoms with Crippen LogP contribution < -0.4 is 21.9 Å². The van der Waals surface area contributed by atoms with Crippen molar-refractivity contribution in [1.82, 2.24) is 15.2 Å². The van der Waals surface area contributed by atoms with Crippen LogP contribution in [-0.4, -0.2) is 22.9 Å². The molecule has 0 atom stereocenters. The van der Waals surface area contributed by atoms with E-state index in [0.717, 1.165) is 24.1 Å².